The van der Waals surface area contributed by atoms with Gasteiger partial charge >= 0.3 is 0 Å². The molecule has 142 valence electrons. The molecule has 0 amide bonds. The minimum absolute atomic E-state index is 0.0271. The highest BCUT2D eigenvalue weighted by Gasteiger charge is 2.23. The van der Waals surface area contributed by atoms with Crippen molar-refractivity contribution in [2.75, 3.05) is 0 Å². The molecule has 0 aliphatic heterocycles. The molecule has 6 nitrogen and oxygen atoms in total. The predicted octanol–water partition coefficient (Wildman–Crippen LogP) is 3.64. The fourth-order valence-corrected chi connectivity index (χ4v) is 3.69. The SMILES string of the molecule is [C-]#[N+]/N=c1\c2cc(F)cc(F)c2c2nc3/c(=N/C#N)c4cc(F)cc(F)c4c3nc12. The third-order valence-corrected chi connectivity index (χ3v) is 4.75. The Kier molecular flexibility index (Phi) is 3.54. The van der Waals surface area contributed by atoms with Gasteiger partial charge in [-0.2, -0.15) is 16.8 Å². The molecule has 0 saturated carbocycles. The zero-order valence-electron chi connectivity index (χ0n) is 14.5. The van der Waals surface area contributed by atoms with Crippen molar-refractivity contribution in [2.45, 2.75) is 0 Å². The van der Waals surface area contributed by atoms with Crippen molar-refractivity contribution in [3.05, 3.63) is 69.8 Å². The summed E-state index contributed by atoms with van der Waals surface area (Å²) in [6, 6.07) is 3.27. The molecule has 0 unspecified atom stereocenters. The molecular formula is C20H4F4N6. The molecule has 5 aromatic rings. The van der Waals surface area contributed by atoms with Gasteiger partial charge in [-0.1, -0.05) is 0 Å². The lowest BCUT2D eigenvalue weighted by Crippen LogP contribution is -2.03. The second-order valence-corrected chi connectivity index (χ2v) is 6.35. The largest absolute Gasteiger partial charge is 0.241 e. The van der Waals surface area contributed by atoms with Crippen molar-refractivity contribution in [3.8, 4) is 6.19 Å². The van der Waals surface area contributed by atoms with Gasteiger partial charge in [0.25, 0.3) is 0 Å². The van der Waals surface area contributed by atoms with Gasteiger partial charge in [-0.15, -0.1) is 4.95 Å². The lowest BCUT2D eigenvalue weighted by molar-refractivity contribution is 0.591. The van der Waals surface area contributed by atoms with Crippen molar-refractivity contribution in [1.82, 2.24) is 9.97 Å². The molecule has 0 spiro atoms. The standard InChI is InChI=1S/C20H4F4N6/c1-26-30-16-10-3-8(22)5-12(24)14(10)18-20(16)29-17-13-9(2-7(21)4-11(13)23)15(27-6-25)19(17)28-18/h2-5H/b27-15+,30-16+. The topological polar surface area (TPSA) is 78.6 Å². The van der Waals surface area contributed by atoms with E-state index in [0.717, 1.165) is 12.1 Å². The van der Waals surface area contributed by atoms with Crippen molar-refractivity contribution < 1.29 is 17.6 Å². The van der Waals surface area contributed by atoms with Crippen LogP contribution in [0.3, 0.4) is 0 Å². The summed E-state index contributed by atoms with van der Waals surface area (Å²) < 4.78 is 56.8. The van der Waals surface area contributed by atoms with Crippen LogP contribution in [0.5, 0.6) is 0 Å². The van der Waals surface area contributed by atoms with E-state index in [0.29, 0.717) is 12.1 Å². The van der Waals surface area contributed by atoms with Crippen LogP contribution in [0.25, 0.3) is 48.6 Å². The van der Waals surface area contributed by atoms with Crippen LogP contribution in [0.15, 0.2) is 34.4 Å². The van der Waals surface area contributed by atoms with Crippen LogP contribution in [0.2, 0.25) is 0 Å². The van der Waals surface area contributed by atoms with E-state index >= 15 is 0 Å². The number of halogens is 4. The molecule has 1 heterocycles. The average Bonchev–Trinajstić information content (AvgIpc) is 3.14. The minimum Gasteiger partial charge on any atom is -0.241 e. The summed E-state index contributed by atoms with van der Waals surface area (Å²) in [7, 11) is 0. The molecule has 1 aromatic heterocycles. The Morgan fingerprint density at radius 1 is 0.800 bits per heavy atom. The Labute approximate surface area is 163 Å². The number of hydrogen-bond donors (Lipinski definition) is 0. The lowest BCUT2D eigenvalue weighted by Gasteiger charge is -1.96. The molecule has 0 radical (unpaired) electrons. The summed E-state index contributed by atoms with van der Waals surface area (Å²) in [5.74, 6) is -3.69. The second-order valence-electron chi connectivity index (χ2n) is 6.35. The van der Waals surface area contributed by atoms with Crippen LogP contribution in [0.4, 0.5) is 17.6 Å². The summed E-state index contributed by atoms with van der Waals surface area (Å²) in [6.45, 7) is 7.02. The summed E-state index contributed by atoms with van der Waals surface area (Å²) in [5.41, 5.74) is -0.254. The molecule has 0 atom stereocenters. The first-order valence-corrected chi connectivity index (χ1v) is 8.28. The molecule has 10 heteroatoms. The van der Waals surface area contributed by atoms with E-state index in [-0.39, 0.29) is 54.3 Å². The zero-order valence-corrected chi connectivity index (χ0v) is 14.5. The highest BCUT2D eigenvalue weighted by molar-refractivity contribution is 6.15. The van der Waals surface area contributed by atoms with Crippen molar-refractivity contribution in [1.29, 1.82) is 5.26 Å². The summed E-state index contributed by atoms with van der Waals surface area (Å²) in [5, 5.41) is 12.0. The van der Waals surface area contributed by atoms with Crippen LogP contribution in [0.1, 0.15) is 0 Å². The fourth-order valence-electron chi connectivity index (χ4n) is 3.69. The highest BCUT2D eigenvalue weighted by Crippen LogP contribution is 2.30. The van der Waals surface area contributed by atoms with E-state index in [1.54, 1.807) is 6.19 Å². The Balaban J connectivity index is 2.17. The zero-order chi connectivity index (χ0) is 21.2. The molecular weight excluding hydrogens is 400 g/mol. The maximum atomic E-state index is 14.6. The quantitative estimate of drug-likeness (QED) is 0.171. The van der Waals surface area contributed by atoms with Gasteiger partial charge in [-0.3, -0.25) is 0 Å². The van der Waals surface area contributed by atoms with E-state index in [1.807, 2.05) is 0 Å². The second kappa shape index (κ2) is 6.03. The predicted molar refractivity (Wildman–Crippen MR) is 97.6 cm³/mol. The molecule has 0 fully saturated rings. The third-order valence-electron chi connectivity index (χ3n) is 4.75. The van der Waals surface area contributed by atoms with Crippen LogP contribution >= 0.6 is 0 Å². The van der Waals surface area contributed by atoms with E-state index in [9.17, 15) is 17.6 Å². The Bertz CT molecular complexity index is 1630. The van der Waals surface area contributed by atoms with E-state index < -0.39 is 23.3 Å². The van der Waals surface area contributed by atoms with Crippen molar-refractivity contribution in [3.63, 3.8) is 0 Å². The minimum atomic E-state index is -0.958. The number of aromatic nitrogens is 2. The van der Waals surface area contributed by atoms with Gasteiger partial charge in [-0.05, 0) is 12.1 Å². The monoisotopic (exact) mass is 404 g/mol. The number of benzene rings is 2. The molecule has 0 saturated heterocycles. The van der Waals surface area contributed by atoms with Gasteiger partial charge in [-0.25, -0.2) is 27.5 Å². The number of nitriles is 1. The molecule has 30 heavy (non-hydrogen) atoms. The Morgan fingerprint density at radius 3 is 1.80 bits per heavy atom. The van der Waals surface area contributed by atoms with E-state index in [1.165, 1.54) is 0 Å². The summed E-state index contributed by atoms with van der Waals surface area (Å²) >= 11 is 0. The molecule has 5 rings (SSSR count). The molecule has 4 aromatic carbocycles. The first kappa shape index (κ1) is 17.6. The van der Waals surface area contributed by atoms with Crippen molar-refractivity contribution in [2.24, 2.45) is 10.1 Å². The van der Waals surface area contributed by atoms with Crippen molar-refractivity contribution >= 4 is 43.6 Å². The number of fused-ring (bicyclic) bond motifs is 6. The lowest BCUT2D eigenvalue weighted by atomic mass is 10.2. The maximum Gasteiger partial charge on any atom is 0.206 e. The fraction of sp³-hybridized carbons (Fsp3) is 0. The van der Waals surface area contributed by atoms with E-state index in [2.05, 4.69) is 25.0 Å². The molecule has 0 aliphatic carbocycles. The Hall–Kier alpha value is -4.44. The first-order valence-electron chi connectivity index (χ1n) is 8.28. The summed E-state index contributed by atoms with van der Waals surface area (Å²) in [4.78, 5) is 15.1. The van der Waals surface area contributed by atoms with Gasteiger partial charge in [0.2, 0.25) is 6.19 Å². The van der Waals surface area contributed by atoms with E-state index in [4.69, 9.17) is 11.8 Å². The normalized spacial score (nSPS) is 13.0. The molecule has 0 aliphatic rings. The number of hydrogen-bond acceptors (Lipinski definition) is 5. The van der Waals surface area contributed by atoms with Gasteiger partial charge in [0, 0.05) is 33.7 Å². The van der Waals surface area contributed by atoms with Crippen LogP contribution in [0, 0.1) is 41.3 Å². The van der Waals surface area contributed by atoms with Gasteiger partial charge in [0.15, 0.2) is 5.36 Å². The smallest absolute Gasteiger partial charge is 0.206 e. The average molecular weight is 404 g/mol. The van der Waals surface area contributed by atoms with Gasteiger partial charge in [0.1, 0.15) is 50.7 Å². The maximum absolute atomic E-state index is 14.6. The highest BCUT2D eigenvalue weighted by atomic mass is 19.1. The number of rotatable bonds is 0. The Morgan fingerprint density at radius 2 is 1.30 bits per heavy atom. The first-order chi connectivity index (χ1) is 14.4. The molecule has 0 bridgehead atoms. The van der Waals surface area contributed by atoms with Crippen LogP contribution < -0.4 is 10.7 Å². The molecule has 0 N–H and O–H groups in total. The van der Waals surface area contributed by atoms with Gasteiger partial charge < -0.3 is 0 Å². The summed E-state index contributed by atoms with van der Waals surface area (Å²) in [6.07, 6.45) is 1.55. The third kappa shape index (κ3) is 2.22. The van der Waals surface area contributed by atoms with Gasteiger partial charge in [0.05, 0.1) is 5.10 Å². The number of nitrogens with zero attached hydrogens (tertiary/aromatic N) is 6. The van der Waals surface area contributed by atoms with Crippen LogP contribution in [-0.4, -0.2) is 9.97 Å². The van der Waals surface area contributed by atoms with Crippen LogP contribution in [-0.2, 0) is 0 Å².